The summed E-state index contributed by atoms with van der Waals surface area (Å²) in [5, 5.41) is 14.6. The van der Waals surface area contributed by atoms with E-state index in [1.807, 2.05) is 12.3 Å². The summed E-state index contributed by atoms with van der Waals surface area (Å²) < 4.78 is 0. The summed E-state index contributed by atoms with van der Waals surface area (Å²) in [7, 11) is 0. The molecule has 1 aliphatic heterocycles. The Bertz CT molecular complexity index is 467. The molecule has 2 heterocycles. The van der Waals surface area contributed by atoms with E-state index in [1.165, 1.54) is 0 Å². The molecular weight excluding hydrogens is 266 g/mol. The molecular formula is C12H17N3O3S. The van der Waals surface area contributed by atoms with Crippen molar-refractivity contribution in [2.75, 3.05) is 13.1 Å². The number of piperidine rings is 1. The quantitative estimate of drug-likeness (QED) is 0.879. The summed E-state index contributed by atoms with van der Waals surface area (Å²) >= 11 is 1.55. The van der Waals surface area contributed by atoms with Gasteiger partial charge in [-0.1, -0.05) is 0 Å². The number of aliphatic carboxylic acids is 1. The summed E-state index contributed by atoms with van der Waals surface area (Å²) in [6, 6.07) is -0.144. The van der Waals surface area contributed by atoms with Gasteiger partial charge in [0.25, 0.3) is 0 Å². The van der Waals surface area contributed by atoms with Crippen LogP contribution < -0.4 is 5.32 Å². The van der Waals surface area contributed by atoms with Gasteiger partial charge in [-0.2, -0.15) is 0 Å². The number of carboxylic acid groups (broad SMARTS) is 1. The topological polar surface area (TPSA) is 82.5 Å². The molecule has 0 unspecified atom stereocenters. The zero-order chi connectivity index (χ0) is 13.8. The van der Waals surface area contributed by atoms with E-state index in [0.29, 0.717) is 32.5 Å². The lowest BCUT2D eigenvalue weighted by Crippen LogP contribution is -2.45. The molecule has 0 radical (unpaired) electrons. The first kappa shape index (κ1) is 13.8. The third-order valence-corrected chi connectivity index (χ3v) is 4.04. The molecule has 19 heavy (non-hydrogen) atoms. The number of carbonyl (C=O) groups is 2. The SMILES string of the molecule is Cc1nc(CNC(=O)N2CCC(C(=O)O)CC2)cs1. The fourth-order valence-electron chi connectivity index (χ4n) is 2.10. The molecule has 7 heteroatoms. The van der Waals surface area contributed by atoms with Crippen LogP contribution in [0.2, 0.25) is 0 Å². The van der Waals surface area contributed by atoms with Crippen molar-refractivity contribution in [1.29, 1.82) is 0 Å². The van der Waals surface area contributed by atoms with Crippen molar-refractivity contribution in [1.82, 2.24) is 15.2 Å². The number of likely N-dealkylation sites (tertiary alicyclic amines) is 1. The molecule has 2 rings (SSSR count). The van der Waals surface area contributed by atoms with Crippen LogP contribution in [0.15, 0.2) is 5.38 Å². The predicted octanol–water partition coefficient (Wildman–Crippen LogP) is 1.46. The van der Waals surface area contributed by atoms with Crippen molar-refractivity contribution in [2.24, 2.45) is 5.92 Å². The molecule has 104 valence electrons. The minimum atomic E-state index is -0.766. The van der Waals surface area contributed by atoms with Gasteiger partial charge in [0.15, 0.2) is 0 Å². The Morgan fingerprint density at radius 1 is 1.53 bits per heavy atom. The molecule has 0 atom stereocenters. The van der Waals surface area contributed by atoms with Gasteiger partial charge in [0.05, 0.1) is 23.2 Å². The Kier molecular flexibility index (Phi) is 4.36. The summed E-state index contributed by atoms with van der Waals surface area (Å²) in [4.78, 5) is 28.7. The lowest BCUT2D eigenvalue weighted by atomic mass is 9.97. The fraction of sp³-hybridized carbons (Fsp3) is 0.583. The fourth-order valence-corrected chi connectivity index (χ4v) is 2.71. The van der Waals surface area contributed by atoms with Gasteiger partial charge in [0, 0.05) is 18.5 Å². The molecule has 1 aromatic rings. The van der Waals surface area contributed by atoms with Crippen LogP contribution in [-0.4, -0.2) is 40.1 Å². The molecule has 1 aromatic heterocycles. The van der Waals surface area contributed by atoms with Gasteiger partial charge in [-0.25, -0.2) is 9.78 Å². The zero-order valence-electron chi connectivity index (χ0n) is 10.8. The maximum absolute atomic E-state index is 11.9. The van der Waals surface area contributed by atoms with Gasteiger partial charge in [-0.05, 0) is 19.8 Å². The first-order chi connectivity index (χ1) is 9.06. The second-order valence-corrected chi connectivity index (χ2v) is 5.68. The molecule has 2 amide bonds. The number of aromatic nitrogens is 1. The summed E-state index contributed by atoms with van der Waals surface area (Å²) in [5.74, 6) is -1.08. The number of hydrogen-bond donors (Lipinski definition) is 2. The first-order valence-electron chi connectivity index (χ1n) is 6.23. The van der Waals surface area contributed by atoms with Crippen LogP contribution in [0.3, 0.4) is 0 Å². The Labute approximate surface area is 115 Å². The smallest absolute Gasteiger partial charge is 0.317 e. The average molecular weight is 283 g/mol. The summed E-state index contributed by atoms with van der Waals surface area (Å²) in [6.45, 7) is 3.34. The van der Waals surface area contributed by atoms with Crippen molar-refractivity contribution in [3.05, 3.63) is 16.1 Å². The minimum Gasteiger partial charge on any atom is -0.481 e. The summed E-state index contributed by atoms with van der Waals surface area (Å²) in [6.07, 6.45) is 1.05. The van der Waals surface area contributed by atoms with Crippen LogP contribution in [0.25, 0.3) is 0 Å². The number of carboxylic acids is 1. The van der Waals surface area contributed by atoms with E-state index in [9.17, 15) is 9.59 Å². The lowest BCUT2D eigenvalue weighted by Gasteiger charge is -2.30. The molecule has 1 aliphatic rings. The second-order valence-electron chi connectivity index (χ2n) is 4.62. The van der Waals surface area contributed by atoms with Crippen molar-refractivity contribution in [3.8, 4) is 0 Å². The average Bonchev–Trinajstić information content (AvgIpc) is 2.82. The molecule has 1 fully saturated rings. The molecule has 0 aliphatic carbocycles. The monoisotopic (exact) mass is 283 g/mol. The van der Waals surface area contributed by atoms with Gasteiger partial charge < -0.3 is 15.3 Å². The molecule has 0 bridgehead atoms. The number of amides is 2. The largest absolute Gasteiger partial charge is 0.481 e. The van der Waals surface area contributed by atoms with Gasteiger partial charge in [-0.3, -0.25) is 4.79 Å². The van der Waals surface area contributed by atoms with Gasteiger partial charge in [0.2, 0.25) is 0 Å². The predicted molar refractivity (Wildman–Crippen MR) is 71.0 cm³/mol. The Balaban J connectivity index is 1.77. The van der Waals surface area contributed by atoms with E-state index in [0.717, 1.165) is 10.7 Å². The summed E-state index contributed by atoms with van der Waals surface area (Å²) in [5.41, 5.74) is 0.858. The number of hydrogen-bond acceptors (Lipinski definition) is 4. The van der Waals surface area contributed by atoms with E-state index in [4.69, 9.17) is 5.11 Å². The van der Waals surface area contributed by atoms with Crippen molar-refractivity contribution in [3.63, 3.8) is 0 Å². The number of aryl methyl sites for hydroxylation is 1. The number of nitrogens with zero attached hydrogens (tertiary/aromatic N) is 2. The third kappa shape index (κ3) is 3.66. The number of rotatable bonds is 3. The highest BCUT2D eigenvalue weighted by atomic mass is 32.1. The molecule has 2 N–H and O–H groups in total. The Morgan fingerprint density at radius 3 is 2.74 bits per heavy atom. The molecule has 0 saturated carbocycles. The number of carbonyl (C=O) groups excluding carboxylic acids is 1. The highest BCUT2D eigenvalue weighted by molar-refractivity contribution is 7.09. The van der Waals surface area contributed by atoms with Crippen LogP contribution in [0, 0.1) is 12.8 Å². The van der Waals surface area contributed by atoms with Gasteiger partial charge in [-0.15, -0.1) is 11.3 Å². The van der Waals surface area contributed by atoms with E-state index < -0.39 is 5.97 Å². The van der Waals surface area contributed by atoms with E-state index in [-0.39, 0.29) is 11.9 Å². The number of urea groups is 1. The van der Waals surface area contributed by atoms with E-state index >= 15 is 0 Å². The maximum atomic E-state index is 11.9. The standard InChI is InChI=1S/C12H17N3O3S/c1-8-14-10(7-19-8)6-13-12(18)15-4-2-9(3-5-15)11(16)17/h7,9H,2-6H2,1H3,(H,13,18)(H,16,17). The zero-order valence-corrected chi connectivity index (χ0v) is 11.6. The number of nitrogens with one attached hydrogen (secondary N) is 1. The van der Waals surface area contributed by atoms with Crippen LogP contribution in [-0.2, 0) is 11.3 Å². The minimum absolute atomic E-state index is 0.144. The second kappa shape index (κ2) is 6.01. The van der Waals surface area contributed by atoms with Crippen LogP contribution in [0.1, 0.15) is 23.5 Å². The van der Waals surface area contributed by atoms with E-state index in [2.05, 4.69) is 10.3 Å². The highest BCUT2D eigenvalue weighted by Crippen LogP contribution is 2.17. The maximum Gasteiger partial charge on any atom is 0.317 e. The van der Waals surface area contributed by atoms with Gasteiger partial charge >= 0.3 is 12.0 Å². The number of thiazole rings is 1. The molecule has 0 aromatic carbocycles. The highest BCUT2D eigenvalue weighted by Gasteiger charge is 2.26. The normalized spacial score (nSPS) is 16.4. The van der Waals surface area contributed by atoms with Crippen molar-refractivity contribution < 1.29 is 14.7 Å². The Morgan fingerprint density at radius 2 is 2.21 bits per heavy atom. The van der Waals surface area contributed by atoms with E-state index in [1.54, 1.807) is 16.2 Å². The van der Waals surface area contributed by atoms with Crippen molar-refractivity contribution in [2.45, 2.75) is 26.3 Å². The third-order valence-electron chi connectivity index (χ3n) is 3.22. The van der Waals surface area contributed by atoms with Crippen LogP contribution >= 0.6 is 11.3 Å². The molecule has 6 nitrogen and oxygen atoms in total. The lowest BCUT2D eigenvalue weighted by molar-refractivity contribution is -0.143. The van der Waals surface area contributed by atoms with Crippen LogP contribution in [0.5, 0.6) is 0 Å². The van der Waals surface area contributed by atoms with Crippen molar-refractivity contribution >= 4 is 23.3 Å². The Hall–Kier alpha value is -1.63. The first-order valence-corrected chi connectivity index (χ1v) is 7.11. The van der Waals surface area contributed by atoms with Gasteiger partial charge in [0.1, 0.15) is 0 Å². The van der Waals surface area contributed by atoms with Crippen LogP contribution in [0.4, 0.5) is 4.79 Å². The molecule has 1 saturated heterocycles. The molecule has 0 spiro atoms.